The van der Waals surface area contributed by atoms with Crippen LogP contribution in [0.3, 0.4) is 0 Å². The van der Waals surface area contributed by atoms with Crippen molar-refractivity contribution in [1.82, 2.24) is 5.32 Å². The van der Waals surface area contributed by atoms with Crippen LogP contribution in [0.25, 0.3) is 0 Å². The van der Waals surface area contributed by atoms with Gasteiger partial charge in [0.1, 0.15) is 0 Å². The Balaban J connectivity index is 2.19. The Kier molecular flexibility index (Phi) is 7.54. The lowest BCUT2D eigenvalue weighted by Crippen LogP contribution is -2.35. The van der Waals surface area contributed by atoms with Gasteiger partial charge in [0.2, 0.25) is 0 Å². The van der Waals surface area contributed by atoms with E-state index in [4.69, 9.17) is 22.8 Å². The molecule has 2 unspecified atom stereocenters. The highest BCUT2D eigenvalue weighted by molar-refractivity contribution is 6.31. The Morgan fingerprint density at radius 2 is 2.21 bits per heavy atom. The maximum absolute atomic E-state index is 9.74. The Hall–Kier alpha value is -1.05. The molecule has 0 aliphatic carbocycles. The number of halogens is 1. The minimum absolute atomic E-state index is 0.197. The molecule has 0 bridgehead atoms. The largest absolute Gasteiger partial charge is 0.389 e. The zero-order chi connectivity index (χ0) is 14.1. The van der Waals surface area contributed by atoms with Gasteiger partial charge in [0.15, 0.2) is 0 Å². The lowest BCUT2D eigenvalue weighted by Gasteiger charge is -2.15. The number of terminal acetylenes is 1. The quantitative estimate of drug-likeness (QED) is 0.718. The van der Waals surface area contributed by atoms with Crippen molar-refractivity contribution in [1.29, 1.82) is 0 Å². The number of rotatable bonds is 8. The molecule has 19 heavy (non-hydrogen) atoms. The van der Waals surface area contributed by atoms with Crippen molar-refractivity contribution in [2.75, 3.05) is 13.2 Å². The molecule has 0 amide bonds. The van der Waals surface area contributed by atoms with E-state index in [1.807, 2.05) is 31.2 Å². The van der Waals surface area contributed by atoms with Crippen molar-refractivity contribution in [2.45, 2.75) is 32.1 Å². The van der Waals surface area contributed by atoms with Crippen LogP contribution < -0.4 is 5.32 Å². The first-order chi connectivity index (χ1) is 9.13. The van der Waals surface area contributed by atoms with Crippen molar-refractivity contribution < 1.29 is 9.84 Å². The molecule has 0 spiro atoms. The summed E-state index contributed by atoms with van der Waals surface area (Å²) in [6.07, 6.45) is 5.30. The maximum Gasteiger partial charge on any atom is 0.0897 e. The van der Waals surface area contributed by atoms with E-state index in [0.717, 1.165) is 5.56 Å². The van der Waals surface area contributed by atoms with Crippen LogP contribution in [0, 0.1) is 12.3 Å². The van der Waals surface area contributed by atoms with Gasteiger partial charge in [-0.2, -0.15) is 0 Å². The van der Waals surface area contributed by atoms with E-state index in [0.29, 0.717) is 24.6 Å². The predicted octanol–water partition coefficient (Wildman–Crippen LogP) is 2.22. The third-order valence-corrected chi connectivity index (χ3v) is 3.02. The highest BCUT2D eigenvalue weighted by Crippen LogP contribution is 2.15. The van der Waals surface area contributed by atoms with Crippen LogP contribution in [0.5, 0.6) is 0 Å². The van der Waals surface area contributed by atoms with E-state index in [1.165, 1.54) is 0 Å². The number of hydrogen-bond acceptors (Lipinski definition) is 3. The first-order valence-corrected chi connectivity index (χ1v) is 6.67. The number of nitrogens with one attached hydrogen (secondary N) is 1. The Labute approximate surface area is 119 Å². The summed E-state index contributed by atoms with van der Waals surface area (Å²) in [5.74, 6) is 2.57. The summed E-state index contributed by atoms with van der Waals surface area (Å²) in [5.41, 5.74) is 0.921. The fourth-order valence-electron chi connectivity index (χ4n) is 1.57. The molecule has 2 N–H and O–H groups in total. The summed E-state index contributed by atoms with van der Waals surface area (Å²) in [7, 11) is 0. The average molecular weight is 282 g/mol. The lowest BCUT2D eigenvalue weighted by molar-refractivity contribution is 0.0279. The second-order valence-electron chi connectivity index (χ2n) is 4.48. The molecule has 0 radical (unpaired) electrons. The van der Waals surface area contributed by atoms with Crippen LogP contribution in [-0.2, 0) is 11.3 Å². The van der Waals surface area contributed by atoms with Gasteiger partial charge in [-0.25, -0.2) is 0 Å². The summed E-state index contributed by atoms with van der Waals surface area (Å²) in [4.78, 5) is 0. The molecule has 4 heteroatoms. The highest BCUT2D eigenvalue weighted by Gasteiger charge is 2.07. The minimum atomic E-state index is -0.553. The summed E-state index contributed by atoms with van der Waals surface area (Å²) in [6.45, 7) is 3.11. The molecular weight excluding hydrogens is 262 g/mol. The smallest absolute Gasteiger partial charge is 0.0897 e. The molecular formula is C15H20ClNO2. The van der Waals surface area contributed by atoms with Crippen LogP contribution in [0.2, 0.25) is 5.02 Å². The molecule has 1 aromatic carbocycles. The van der Waals surface area contributed by atoms with E-state index < -0.39 is 6.10 Å². The van der Waals surface area contributed by atoms with Crippen LogP contribution in [0.4, 0.5) is 0 Å². The zero-order valence-corrected chi connectivity index (χ0v) is 11.9. The van der Waals surface area contributed by atoms with Gasteiger partial charge in [0.25, 0.3) is 0 Å². The van der Waals surface area contributed by atoms with Gasteiger partial charge in [-0.1, -0.05) is 29.8 Å². The van der Waals surface area contributed by atoms with E-state index in [1.54, 1.807) is 0 Å². The molecule has 0 saturated carbocycles. The summed E-state index contributed by atoms with van der Waals surface area (Å²) in [5, 5.41) is 13.6. The lowest BCUT2D eigenvalue weighted by atomic mass is 10.2. The third kappa shape index (κ3) is 6.60. The van der Waals surface area contributed by atoms with Gasteiger partial charge in [-0.3, -0.25) is 0 Å². The zero-order valence-electron chi connectivity index (χ0n) is 11.1. The van der Waals surface area contributed by atoms with Crippen molar-refractivity contribution in [3.05, 3.63) is 34.9 Å². The molecule has 0 aliphatic rings. The average Bonchev–Trinajstić information content (AvgIpc) is 2.39. The number of aliphatic hydroxyl groups excluding tert-OH is 1. The van der Waals surface area contributed by atoms with Crippen molar-refractivity contribution in [3.63, 3.8) is 0 Å². The molecule has 0 saturated heterocycles. The molecule has 0 fully saturated rings. The van der Waals surface area contributed by atoms with E-state index >= 15 is 0 Å². The molecule has 1 aromatic rings. The molecule has 1 rings (SSSR count). The van der Waals surface area contributed by atoms with Gasteiger partial charge < -0.3 is 15.2 Å². The van der Waals surface area contributed by atoms with Crippen LogP contribution in [0.1, 0.15) is 18.9 Å². The fourth-order valence-corrected chi connectivity index (χ4v) is 1.76. The Morgan fingerprint density at radius 3 is 2.89 bits per heavy atom. The second kappa shape index (κ2) is 8.95. The maximum atomic E-state index is 9.74. The van der Waals surface area contributed by atoms with Gasteiger partial charge in [0, 0.05) is 24.0 Å². The Morgan fingerprint density at radius 1 is 1.47 bits per heavy atom. The first kappa shape index (κ1) is 16.0. The molecule has 0 aromatic heterocycles. The monoisotopic (exact) mass is 281 g/mol. The topological polar surface area (TPSA) is 41.5 Å². The molecule has 3 nitrogen and oxygen atoms in total. The summed E-state index contributed by atoms with van der Waals surface area (Å²) >= 11 is 6.00. The first-order valence-electron chi connectivity index (χ1n) is 6.29. The van der Waals surface area contributed by atoms with Crippen molar-refractivity contribution in [3.8, 4) is 12.3 Å². The minimum Gasteiger partial charge on any atom is -0.389 e. The Bertz CT molecular complexity index is 417. The molecule has 0 heterocycles. The summed E-state index contributed by atoms with van der Waals surface area (Å²) in [6, 6.07) is 7.70. The number of ether oxygens (including phenoxy) is 1. The van der Waals surface area contributed by atoms with Gasteiger partial charge >= 0.3 is 0 Å². The van der Waals surface area contributed by atoms with Crippen molar-refractivity contribution >= 4 is 11.6 Å². The number of hydrogen-bond donors (Lipinski definition) is 2. The fraction of sp³-hybridized carbons (Fsp3) is 0.467. The normalized spacial score (nSPS) is 13.8. The second-order valence-corrected chi connectivity index (χ2v) is 4.89. The summed E-state index contributed by atoms with van der Waals surface area (Å²) < 4.78 is 5.44. The molecule has 0 aliphatic heterocycles. The number of aliphatic hydroxyl groups is 1. The van der Waals surface area contributed by atoms with Gasteiger partial charge in [-0.15, -0.1) is 12.3 Å². The number of benzene rings is 1. The van der Waals surface area contributed by atoms with Crippen LogP contribution in [0.15, 0.2) is 24.3 Å². The van der Waals surface area contributed by atoms with E-state index in [9.17, 15) is 5.11 Å². The van der Waals surface area contributed by atoms with Gasteiger partial charge in [-0.05, 0) is 18.6 Å². The van der Waals surface area contributed by atoms with Crippen LogP contribution in [-0.4, -0.2) is 30.4 Å². The van der Waals surface area contributed by atoms with Crippen molar-refractivity contribution in [2.24, 2.45) is 0 Å². The van der Waals surface area contributed by atoms with E-state index in [2.05, 4.69) is 11.2 Å². The molecule has 104 valence electrons. The van der Waals surface area contributed by atoms with Crippen LogP contribution >= 0.6 is 11.6 Å². The standard InChI is InChI=1S/C15H20ClNO2/c1-3-6-12(2)17-9-14(18)11-19-10-13-7-4-5-8-15(13)16/h1,4-5,7-8,12,14,17-18H,6,9-11H2,2H3. The SMILES string of the molecule is C#CCC(C)NCC(O)COCc1ccccc1Cl. The third-order valence-electron chi connectivity index (χ3n) is 2.65. The van der Waals surface area contributed by atoms with Gasteiger partial charge in [0.05, 0.1) is 19.3 Å². The highest BCUT2D eigenvalue weighted by atomic mass is 35.5. The predicted molar refractivity (Wildman–Crippen MR) is 78.0 cm³/mol. The van der Waals surface area contributed by atoms with E-state index in [-0.39, 0.29) is 12.6 Å². The molecule has 2 atom stereocenters.